The van der Waals surface area contributed by atoms with Gasteiger partial charge in [-0.05, 0) is 17.7 Å². The Balaban J connectivity index is 0.00000256. The number of carbonyl (C=O) groups excluding carboxylic acids is 1. The molecule has 0 aromatic heterocycles. The number of esters is 1. The third kappa shape index (κ3) is 5.01. The maximum absolute atomic E-state index is 11.0. The molecule has 0 aliphatic rings. The van der Waals surface area contributed by atoms with Gasteiger partial charge in [-0.3, -0.25) is 4.55 Å². The summed E-state index contributed by atoms with van der Waals surface area (Å²) in [5.41, 5.74) is 0.218. The van der Waals surface area contributed by atoms with Crippen LogP contribution in [0.5, 0.6) is 0 Å². The molecule has 0 saturated carbocycles. The van der Waals surface area contributed by atoms with E-state index in [0.717, 1.165) is 6.08 Å². The summed E-state index contributed by atoms with van der Waals surface area (Å²) in [6.07, 6.45) is 2.33. The van der Waals surface area contributed by atoms with Crippen LogP contribution in [0.15, 0.2) is 35.2 Å². The van der Waals surface area contributed by atoms with Gasteiger partial charge in [0.1, 0.15) is 4.90 Å². The van der Waals surface area contributed by atoms with E-state index in [0.29, 0.717) is 0 Å². The van der Waals surface area contributed by atoms with Crippen LogP contribution in [0.1, 0.15) is 5.56 Å². The zero-order chi connectivity index (χ0) is 12.2. The van der Waals surface area contributed by atoms with E-state index >= 15 is 0 Å². The first-order valence-electron chi connectivity index (χ1n) is 4.27. The first kappa shape index (κ1) is 16.3. The van der Waals surface area contributed by atoms with Crippen molar-refractivity contribution in [3.63, 3.8) is 0 Å². The summed E-state index contributed by atoms with van der Waals surface area (Å²) < 4.78 is 35.2. The van der Waals surface area contributed by atoms with Crippen molar-refractivity contribution < 1.29 is 22.5 Å². The van der Waals surface area contributed by atoms with Gasteiger partial charge in [0, 0.05) is 6.08 Å². The Morgan fingerprint density at radius 2 is 1.94 bits per heavy atom. The summed E-state index contributed by atoms with van der Waals surface area (Å²) in [6, 6.07) is 5.76. The first-order valence-corrected chi connectivity index (χ1v) is 5.71. The second-order valence-electron chi connectivity index (χ2n) is 2.87. The molecule has 0 aliphatic carbocycles. The van der Waals surface area contributed by atoms with Gasteiger partial charge in [-0.1, -0.05) is 18.2 Å². The van der Waals surface area contributed by atoms with E-state index in [2.05, 4.69) is 4.74 Å². The van der Waals surface area contributed by atoms with E-state index in [1.165, 1.54) is 31.4 Å². The van der Waals surface area contributed by atoms with Gasteiger partial charge in [0.2, 0.25) is 0 Å². The maximum atomic E-state index is 11.0. The molecule has 0 fully saturated rings. The Bertz CT molecular complexity index is 521. The van der Waals surface area contributed by atoms with Gasteiger partial charge in [0.15, 0.2) is 0 Å². The van der Waals surface area contributed by atoms with E-state index in [4.69, 9.17) is 4.55 Å². The summed E-state index contributed by atoms with van der Waals surface area (Å²) in [6.45, 7) is 0. The molecule has 7 heteroatoms. The third-order valence-electron chi connectivity index (χ3n) is 1.80. The fourth-order valence-electron chi connectivity index (χ4n) is 1.08. The van der Waals surface area contributed by atoms with Crippen molar-refractivity contribution in [1.82, 2.24) is 0 Å². The van der Waals surface area contributed by atoms with Crippen LogP contribution >= 0.6 is 0 Å². The van der Waals surface area contributed by atoms with Crippen LogP contribution < -0.4 is 0 Å². The predicted molar refractivity (Wildman–Crippen MR) is 64.5 cm³/mol. The molecule has 0 atom stereocenters. The molecular formula is C10H11NaO5S. The SMILES string of the molecule is COC(=O)C=Cc1ccccc1S(=O)(=O)O.[NaH]. The van der Waals surface area contributed by atoms with Crippen molar-refractivity contribution in [2.45, 2.75) is 4.90 Å². The second kappa shape index (κ2) is 6.93. The van der Waals surface area contributed by atoms with Crippen molar-refractivity contribution in [1.29, 1.82) is 0 Å². The van der Waals surface area contributed by atoms with Gasteiger partial charge < -0.3 is 4.74 Å². The molecular weight excluding hydrogens is 255 g/mol. The van der Waals surface area contributed by atoms with E-state index < -0.39 is 16.1 Å². The Morgan fingerprint density at radius 1 is 1.35 bits per heavy atom. The van der Waals surface area contributed by atoms with E-state index in [-0.39, 0.29) is 40.0 Å². The third-order valence-corrected chi connectivity index (χ3v) is 2.72. The van der Waals surface area contributed by atoms with Crippen LogP contribution in [0.25, 0.3) is 6.08 Å². The van der Waals surface area contributed by atoms with Gasteiger partial charge in [0.05, 0.1) is 7.11 Å². The van der Waals surface area contributed by atoms with Crippen LogP contribution in [0, 0.1) is 0 Å². The fourth-order valence-corrected chi connectivity index (χ4v) is 1.76. The molecule has 0 unspecified atom stereocenters. The number of benzene rings is 1. The number of hydrogen-bond donors (Lipinski definition) is 1. The van der Waals surface area contributed by atoms with Crippen molar-refractivity contribution in [3.8, 4) is 0 Å². The van der Waals surface area contributed by atoms with Crippen molar-refractivity contribution >= 4 is 51.7 Å². The van der Waals surface area contributed by atoms with Gasteiger partial charge in [-0.25, -0.2) is 4.79 Å². The Labute approximate surface area is 122 Å². The molecule has 0 heterocycles. The monoisotopic (exact) mass is 266 g/mol. The first-order chi connectivity index (χ1) is 7.45. The second-order valence-corrected chi connectivity index (χ2v) is 4.26. The summed E-state index contributed by atoms with van der Waals surface area (Å²) in [4.78, 5) is 10.6. The summed E-state index contributed by atoms with van der Waals surface area (Å²) >= 11 is 0. The number of hydrogen-bond acceptors (Lipinski definition) is 4. The number of carbonyl (C=O) groups is 1. The molecule has 0 bridgehead atoms. The summed E-state index contributed by atoms with van der Waals surface area (Å²) in [7, 11) is -3.08. The van der Waals surface area contributed by atoms with Gasteiger partial charge in [-0.2, -0.15) is 8.42 Å². The van der Waals surface area contributed by atoms with Gasteiger partial charge in [0.25, 0.3) is 10.1 Å². The molecule has 0 saturated heterocycles. The molecule has 1 aromatic carbocycles. The number of ether oxygens (including phenoxy) is 1. The molecule has 1 rings (SSSR count). The summed E-state index contributed by atoms with van der Waals surface area (Å²) in [5.74, 6) is -0.606. The Morgan fingerprint density at radius 3 is 2.47 bits per heavy atom. The minimum atomic E-state index is -4.29. The van der Waals surface area contributed by atoms with Gasteiger partial charge >= 0.3 is 35.5 Å². The Kier molecular flexibility index (Phi) is 6.66. The quantitative estimate of drug-likeness (QED) is 0.372. The van der Waals surface area contributed by atoms with Crippen LogP contribution in [0.2, 0.25) is 0 Å². The van der Waals surface area contributed by atoms with Crippen molar-refractivity contribution in [2.24, 2.45) is 0 Å². The molecule has 0 radical (unpaired) electrons. The number of methoxy groups -OCH3 is 1. The summed E-state index contributed by atoms with van der Waals surface area (Å²) in [5, 5.41) is 0. The molecule has 0 amide bonds. The van der Waals surface area contributed by atoms with E-state index in [1.54, 1.807) is 6.07 Å². The standard InChI is InChI=1S/C10H10O5S.Na.H/c1-15-10(11)7-6-8-4-2-3-5-9(8)16(12,13)14;;/h2-7H,1H3,(H,12,13,14);;. The zero-order valence-electron chi connectivity index (χ0n) is 8.45. The van der Waals surface area contributed by atoms with Crippen LogP contribution in [-0.4, -0.2) is 55.6 Å². The predicted octanol–water partition coefficient (Wildman–Crippen LogP) is 0.471. The zero-order valence-corrected chi connectivity index (χ0v) is 9.27. The van der Waals surface area contributed by atoms with Crippen LogP contribution in [0.3, 0.4) is 0 Å². The van der Waals surface area contributed by atoms with Crippen molar-refractivity contribution in [2.75, 3.05) is 7.11 Å². The average Bonchev–Trinajstić information content (AvgIpc) is 2.25. The molecule has 88 valence electrons. The van der Waals surface area contributed by atoms with Crippen LogP contribution in [0.4, 0.5) is 0 Å². The molecule has 17 heavy (non-hydrogen) atoms. The molecule has 1 aromatic rings. The topological polar surface area (TPSA) is 80.7 Å². The normalized spacial score (nSPS) is 10.9. The molecule has 0 aliphatic heterocycles. The average molecular weight is 266 g/mol. The van der Waals surface area contributed by atoms with E-state index in [1.807, 2.05) is 0 Å². The fraction of sp³-hybridized carbons (Fsp3) is 0.100. The molecule has 1 N–H and O–H groups in total. The number of rotatable bonds is 3. The van der Waals surface area contributed by atoms with Crippen molar-refractivity contribution in [3.05, 3.63) is 35.9 Å². The molecule has 5 nitrogen and oxygen atoms in total. The Hall–Kier alpha value is -0.660. The van der Waals surface area contributed by atoms with Crippen LogP contribution in [-0.2, 0) is 19.6 Å². The van der Waals surface area contributed by atoms with Gasteiger partial charge in [-0.15, -0.1) is 0 Å². The minimum absolute atomic E-state index is 0. The van der Waals surface area contributed by atoms with E-state index in [9.17, 15) is 13.2 Å². The molecule has 0 spiro atoms.